The fourth-order valence-corrected chi connectivity index (χ4v) is 4.81. The molecule has 0 aromatic heterocycles. The fourth-order valence-electron chi connectivity index (χ4n) is 2.95. The molecule has 1 aliphatic heterocycles. The minimum absolute atomic E-state index is 0.0658. The molecule has 0 aliphatic carbocycles. The summed E-state index contributed by atoms with van der Waals surface area (Å²) in [5.41, 5.74) is -0.388. The lowest BCUT2D eigenvalue weighted by Gasteiger charge is -2.37. The predicted molar refractivity (Wildman–Crippen MR) is 88.5 cm³/mol. The van der Waals surface area contributed by atoms with Crippen LogP contribution in [0, 0.1) is 0 Å². The molecule has 2 N–H and O–H groups in total. The van der Waals surface area contributed by atoms with E-state index in [0.717, 1.165) is 38.6 Å². The molecule has 1 rings (SSSR count). The zero-order valence-electron chi connectivity index (χ0n) is 14.3. The van der Waals surface area contributed by atoms with Crippen LogP contribution >= 0.6 is 0 Å². The highest BCUT2D eigenvalue weighted by Gasteiger charge is 2.35. The van der Waals surface area contributed by atoms with Crippen molar-refractivity contribution in [2.45, 2.75) is 84.3 Å². The maximum atomic E-state index is 12.7. The minimum atomic E-state index is -3.42. The zero-order chi connectivity index (χ0) is 16.1. The topological polar surface area (TPSA) is 61.4 Å². The second kappa shape index (κ2) is 7.90. The third-order valence-electron chi connectivity index (χ3n) is 3.92. The maximum absolute atomic E-state index is 12.7. The Morgan fingerprint density at radius 1 is 1.29 bits per heavy atom. The molecule has 0 amide bonds. The Labute approximate surface area is 131 Å². The van der Waals surface area contributed by atoms with E-state index >= 15 is 0 Å². The average Bonchev–Trinajstić information content (AvgIpc) is 2.35. The predicted octanol–water partition coefficient (Wildman–Crippen LogP) is 2.25. The van der Waals surface area contributed by atoms with E-state index in [-0.39, 0.29) is 11.6 Å². The van der Waals surface area contributed by atoms with E-state index in [4.69, 9.17) is 0 Å². The Morgan fingerprint density at radius 3 is 2.52 bits per heavy atom. The Kier molecular flexibility index (Phi) is 7.10. The van der Waals surface area contributed by atoms with Gasteiger partial charge in [0.05, 0.1) is 0 Å². The monoisotopic (exact) mass is 319 g/mol. The quantitative estimate of drug-likeness (QED) is 0.721. The summed E-state index contributed by atoms with van der Waals surface area (Å²) in [5, 5.41) is 3.37. The molecular weight excluding hydrogens is 286 g/mol. The van der Waals surface area contributed by atoms with Gasteiger partial charge in [-0.05, 0) is 33.1 Å². The molecular formula is C15H33N3O2S. The first-order chi connectivity index (χ1) is 9.68. The van der Waals surface area contributed by atoms with E-state index in [1.54, 1.807) is 4.31 Å². The molecule has 0 saturated carbocycles. The largest absolute Gasteiger partial charge is 0.313 e. The number of rotatable bonds is 8. The van der Waals surface area contributed by atoms with E-state index in [2.05, 4.69) is 30.8 Å². The van der Waals surface area contributed by atoms with Crippen molar-refractivity contribution in [3.8, 4) is 0 Å². The van der Waals surface area contributed by atoms with Gasteiger partial charge in [-0.1, -0.05) is 33.6 Å². The van der Waals surface area contributed by atoms with Crippen molar-refractivity contribution in [3.63, 3.8) is 0 Å². The van der Waals surface area contributed by atoms with Gasteiger partial charge in [0.15, 0.2) is 0 Å². The van der Waals surface area contributed by atoms with Gasteiger partial charge in [-0.2, -0.15) is 17.4 Å². The van der Waals surface area contributed by atoms with Gasteiger partial charge < -0.3 is 5.32 Å². The molecule has 1 atom stereocenters. The van der Waals surface area contributed by atoms with Gasteiger partial charge in [0, 0.05) is 30.7 Å². The first-order valence-corrected chi connectivity index (χ1v) is 9.66. The summed E-state index contributed by atoms with van der Waals surface area (Å²) < 4.78 is 30.0. The highest BCUT2D eigenvalue weighted by atomic mass is 32.2. The lowest BCUT2D eigenvalue weighted by molar-refractivity contribution is 0.234. The van der Waals surface area contributed by atoms with Crippen LogP contribution in [0.25, 0.3) is 0 Å². The second-order valence-electron chi connectivity index (χ2n) is 7.06. The Balaban J connectivity index is 2.77. The maximum Gasteiger partial charge on any atom is 0.280 e. The van der Waals surface area contributed by atoms with Crippen LogP contribution < -0.4 is 10.0 Å². The van der Waals surface area contributed by atoms with Gasteiger partial charge in [0.25, 0.3) is 10.2 Å². The molecule has 0 aromatic carbocycles. The molecule has 5 nitrogen and oxygen atoms in total. The SMILES string of the molecule is CCCC(C)(C)NS(=O)(=O)N1CCCCC1CNC(C)C. The van der Waals surface area contributed by atoms with E-state index < -0.39 is 10.2 Å². The van der Waals surface area contributed by atoms with Crippen molar-refractivity contribution in [2.24, 2.45) is 0 Å². The first kappa shape index (κ1) is 18.9. The van der Waals surface area contributed by atoms with Crippen LogP contribution in [0.3, 0.4) is 0 Å². The summed E-state index contributed by atoms with van der Waals surface area (Å²) in [6, 6.07) is 0.442. The van der Waals surface area contributed by atoms with Crippen molar-refractivity contribution < 1.29 is 8.42 Å². The summed E-state index contributed by atoms with van der Waals surface area (Å²) in [7, 11) is -3.42. The second-order valence-corrected chi connectivity index (χ2v) is 8.69. The number of piperidine rings is 1. The third kappa shape index (κ3) is 6.22. The van der Waals surface area contributed by atoms with Gasteiger partial charge >= 0.3 is 0 Å². The Morgan fingerprint density at radius 2 is 1.95 bits per heavy atom. The summed E-state index contributed by atoms with van der Waals surface area (Å²) in [5.74, 6) is 0. The molecule has 6 heteroatoms. The Bertz CT molecular complexity index is 407. The van der Waals surface area contributed by atoms with Gasteiger partial charge in [0.1, 0.15) is 0 Å². The normalized spacial score (nSPS) is 21.9. The molecule has 1 aliphatic rings. The molecule has 0 bridgehead atoms. The smallest absolute Gasteiger partial charge is 0.280 e. The standard InChI is InChI=1S/C15H33N3O2S/c1-6-10-15(4,5)17-21(19,20)18-11-8-7-9-14(18)12-16-13(2)3/h13-14,16-17H,6-12H2,1-5H3. The van der Waals surface area contributed by atoms with Gasteiger partial charge in [-0.3, -0.25) is 0 Å². The van der Waals surface area contributed by atoms with Crippen LogP contribution in [-0.2, 0) is 10.2 Å². The van der Waals surface area contributed by atoms with Crippen molar-refractivity contribution >= 4 is 10.2 Å². The molecule has 126 valence electrons. The van der Waals surface area contributed by atoms with Crippen molar-refractivity contribution in [1.82, 2.24) is 14.3 Å². The molecule has 0 aromatic rings. The van der Waals surface area contributed by atoms with Crippen molar-refractivity contribution in [3.05, 3.63) is 0 Å². The summed E-state index contributed by atoms with van der Waals surface area (Å²) in [4.78, 5) is 0. The third-order valence-corrected chi connectivity index (χ3v) is 5.83. The first-order valence-electron chi connectivity index (χ1n) is 8.22. The van der Waals surface area contributed by atoms with E-state index in [9.17, 15) is 8.42 Å². The van der Waals surface area contributed by atoms with Crippen LogP contribution in [0.4, 0.5) is 0 Å². The van der Waals surface area contributed by atoms with Crippen LogP contribution in [0.5, 0.6) is 0 Å². The number of nitrogens with one attached hydrogen (secondary N) is 2. The fraction of sp³-hybridized carbons (Fsp3) is 1.00. The van der Waals surface area contributed by atoms with Gasteiger partial charge in [-0.25, -0.2) is 0 Å². The molecule has 1 unspecified atom stereocenters. The van der Waals surface area contributed by atoms with Crippen molar-refractivity contribution in [2.75, 3.05) is 13.1 Å². The lowest BCUT2D eigenvalue weighted by Crippen LogP contribution is -2.56. The van der Waals surface area contributed by atoms with Crippen LogP contribution in [0.15, 0.2) is 0 Å². The van der Waals surface area contributed by atoms with E-state index in [1.807, 2.05) is 13.8 Å². The minimum Gasteiger partial charge on any atom is -0.313 e. The van der Waals surface area contributed by atoms with Crippen LogP contribution in [0.1, 0.15) is 66.7 Å². The summed E-state index contributed by atoms with van der Waals surface area (Å²) in [6.07, 6.45) is 4.81. The zero-order valence-corrected chi connectivity index (χ0v) is 15.1. The van der Waals surface area contributed by atoms with Crippen LogP contribution in [0.2, 0.25) is 0 Å². The molecule has 1 fully saturated rings. The van der Waals surface area contributed by atoms with Crippen LogP contribution in [-0.4, -0.2) is 43.4 Å². The molecule has 1 heterocycles. The average molecular weight is 320 g/mol. The number of hydrogen-bond acceptors (Lipinski definition) is 3. The summed E-state index contributed by atoms with van der Waals surface area (Å²) >= 11 is 0. The molecule has 0 radical (unpaired) electrons. The number of nitrogens with zero attached hydrogens (tertiary/aromatic N) is 1. The molecule has 0 spiro atoms. The summed E-state index contributed by atoms with van der Waals surface area (Å²) in [6.45, 7) is 11.5. The number of hydrogen-bond donors (Lipinski definition) is 2. The Hall–Kier alpha value is -0.170. The van der Waals surface area contributed by atoms with E-state index in [0.29, 0.717) is 12.6 Å². The molecule has 1 saturated heterocycles. The lowest BCUT2D eigenvalue weighted by atomic mass is 10.0. The van der Waals surface area contributed by atoms with E-state index in [1.165, 1.54) is 0 Å². The molecule has 21 heavy (non-hydrogen) atoms. The van der Waals surface area contributed by atoms with Crippen molar-refractivity contribution in [1.29, 1.82) is 0 Å². The van der Waals surface area contributed by atoms with Gasteiger partial charge in [0.2, 0.25) is 0 Å². The van der Waals surface area contributed by atoms with Gasteiger partial charge in [-0.15, -0.1) is 0 Å². The highest BCUT2D eigenvalue weighted by molar-refractivity contribution is 7.87. The highest BCUT2D eigenvalue weighted by Crippen LogP contribution is 2.22.